The third kappa shape index (κ3) is 4.41. The van der Waals surface area contributed by atoms with E-state index in [1.807, 2.05) is 0 Å². The molecule has 0 saturated carbocycles. The van der Waals surface area contributed by atoms with Crippen molar-refractivity contribution in [3.8, 4) is 0 Å². The fraction of sp³-hybridized carbons (Fsp3) is 0.520. The summed E-state index contributed by atoms with van der Waals surface area (Å²) in [6.45, 7) is 9.16. The van der Waals surface area contributed by atoms with Crippen LogP contribution in [0.5, 0.6) is 0 Å². The van der Waals surface area contributed by atoms with E-state index in [-0.39, 0.29) is 30.9 Å². The first-order valence-electron chi connectivity index (χ1n) is 10.8. The zero-order valence-corrected chi connectivity index (χ0v) is 17.8. The molecule has 6 unspecified atom stereocenters. The number of fused-ring (bicyclic) bond motifs is 1. The maximum absolute atomic E-state index is 6.45. The minimum Gasteiger partial charge on any atom is -0.346 e. The molecule has 0 spiro atoms. The third-order valence-corrected chi connectivity index (χ3v) is 6.18. The Morgan fingerprint density at radius 3 is 2.17 bits per heavy atom. The van der Waals surface area contributed by atoms with Crippen LogP contribution in [0.2, 0.25) is 0 Å². The highest BCUT2D eigenvalue weighted by molar-refractivity contribution is 5.24. The van der Waals surface area contributed by atoms with E-state index in [1.54, 1.807) is 0 Å². The molecule has 0 aliphatic carbocycles. The molecule has 4 nitrogen and oxygen atoms in total. The van der Waals surface area contributed by atoms with Gasteiger partial charge in [0.25, 0.3) is 0 Å². The van der Waals surface area contributed by atoms with Crippen LogP contribution in [0.1, 0.15) is 62.0 Å². The fourth-order valence-electron chi connectivity index (χ4n) is 4.02. The molecule has 4 heteroatoms. The predicted octanol–water partition coefficient (Wildman–Crippen LogP) is 5.50. The molecule has 0 amide bonds. The molecule has 0 aromatic heterocycles. The SMILES string of the molecule is CCc1ccc(C2OCC3OC(c4ccc(C)cc4)OC(C(C)CC)C3O2)cc1. The Morgan fingerprint density at radius 1 is 0.862 bits per heavy atom. The zero-order chi connectivity index (χ0) is 20.4. The molecule has 29 heavy (non-hydrogen) atoms. The standard InChI is InChI=1S/C25H32O4/c1-5-17(4)22-23-21(27-25(28-22)20-11-7-16(3)8-12-20)15-26-24(29-23)19-13-9-18(6-2)10-14-19/h7-14,17,21-25H,5-6,15H2,1-4H3. The molecular formula is C25H32O4. The van der Waals surface area contributed by atoms with Crippen molar-refractivity contribution in [1.29, 1.82) is 0 Å². The average molecular weight is 397 g/mol. The van der Waals surface area contributed by atoms with Gasteiger partial charge in [0.1, 0.15) is 12.2 Å². The van der Waals surface area contributed by atoms with Crippen molar-refractivity contribution in [1.82, 2.24) is 0 Å². The maximum Gasteiger partial charge on any atom is 0.184 e. The number of aryl methyl sites for hydroxylation is 2. The number of benzene rings is 2. The van der Waals surface area contributed by atoms with Crippen LogP contribution in [0.15, 0.2) is 48.5 Å². The van der Waals surface area contributed by atoms with Crippen molar-refractivity contribution in [3.63, 3.8) is 0 Å². The van der Waals surface area contributed by atoms with Gasteiger partial charge < -0.3 is 18.9 Å². The molecule has 0 radical (unpaired) electrons. The molecule has 156 valence electrons. The van der Waals surface area contributed by atoms with Crippen molar-refractivity contribution in [2.45, 2.75) is 71.4 Å². The number of ether oxygens (including phenoxy) is 4. The second-order valence-corrected chi connectivity index (χ2v) is 8.26. The molecule has 2 aromatic carbocycles. The molecule has 2 saturated heterocycles. The van der Waals surface area contributed by atoms with Crippen LogP contribution < -0.4 is 0 Å². The first kappa shape index (κ1) is 20.5. The van der Waals surface area contributed by atoms with Crippen LogP contribution in [0.3, 0.4) is 0 Å². The van der Waals surface area contributed by atoms with E-state index in [0.717, 1.165) is 24.0 Å². The number of hydrogen-bond acceptors (Lipinski definition) is 4. The van der Waals surface area contributed by atoms with E-state index in [4.69, 9.17) is 18.9 Å². The summed E-state index contributed by atoms with van der Waals surface area (Å²) in [7, 11) is 0. The topological polar surface area (TPSA) is 36.9 Å². The number of rotatable bonds is 5. The Bertz CT molecular complexity index is 785. The van der Waals surface area contributed by atoms with E-state index < -0.39 is 0 Å². The lowest BCUT2D eigenvalue weighted by molar-refractivity contribution is -0.369. The highest BCUT2D eigenvalue weighted by atomic mass is 16.8. The van der Waals surface area contributed by atoms with Gasteiger partial charge in [0, 0.05) is 11.1 Å². The molecule has 2 aromatic rings. The Balaban J connectivity index is 1.53. The van der Waals surface area contributed by atoms with Crippen molar-refractivity contribution >= 4 is 0 Å². The van der Waals surface area contributed by atoms with Gasteiger partial charge in [-0.25, -0.2) is 0 Å². The third-order valence-electron chi connectivity index (χ3n) is 6.18. The van der Waals surface area contributed by atoms with Gasteiger partial charge in [-0.2, -0.15) is 0 Å². The van der Waals surface area contributed by atoms with Gasteiger partial charge in [-0.05, 0) is 24.8 Å². The number of hydrogen-bond donors (Lipinski definition) is 0. The summed E-state index contributed by atoms with van der Waals surface area (Å²) < 4.78 is 25.2. The quantitative estimate of drug-likeness (QED) is 0.669. The minimum atomic E-state index is -0.386. The monoisotopic (exact) mass is 396 g/mol. The van der Waals surface area contributed by atoms with Crippen LogP contribution >= 0.6 is 0 Å². The normalized spacial score (nSPS) is 30.6. The summed E-state index contributed by atoms with van der Waals surface area (Å²) in [6, 6.07) is 16.8. The van der Waals surface area contributed by atoms with Crippen LogP contribution in [-0.2, 0) is 25.4 Å². The predicted molar refractivity (Wildman–Crippen MR) is 113 cm³/mol. The van der Waals surface area contributed by atoms with Crippen LogP contribution in [0.25, 0.3) is 0 Å². The largest absolute Gasteiger partial charge is 0.346 e. The summed E-state index contributed by atoms with van der Waals surface area (Å²) in [5.74, 6) is 0.362. The molecule has 2 fully saturated rings. The maximum atomic E-state index is 6.45. The minimum absolute atomic E-state index is 0.0358. The summed E-state index contributed by atoms with van der Waals surface area (Å²) in [4.78, 5) is 0. The lowest BCUT2D eigenvalue weighted by Crippen LogP contribution is -2.56. The highest BCUT2D eigenvalue weighted by Crippen LogP contribution is 2.40. The first-order chi connectivity index (χ1) is 14.1. The van der Waals surface area contributed by atoms with Gasteiger partial charge in [0.15, 0.2) is 12.6 Å². The Morgan fingerprint density at radius 2 is 1.52 bits per heavy atom. The molecule has 6 atom stereocenters. The van der Waals surface area contributed by atoms with Gasteiger partial charge in [0.2, 0.25) is 0 Å². The van der Waals surface area contributed by atoms with E-state index in [2.05, 4.69) is 76.2 Å². The highest BCUT2D eigenvalue weighted by Gasteiger charge is 2.47. The van der Waals surface area contributed by atoms with Crippen LogP contribution in [-0.4, -0.2) is 24.9 Å². The van der Waals surface area contributed by atoms with E-state index in [9.17, 15) is 0 Å². The van der Waals surface area contributed by atoms with Gasteiger partial charge in [-0.1, -0.05) is 81.3 Å². The first-order valence-corrected chi connectivity index (χ1v) is 10.8. The average Bonchev–Trinajstić information content (AvgIpc) is 2.78. The van der Waals surface area contributed by atoms with Crippen molar-refractivity contribution in [2.24, 2.45) is 5.92 Å². The molecule has 2 aliphatic rings. The van der Waals surface area contributed by atoms with E-state index >= 15 is 0 Å². The molecule has 2 heterocycles. The summed E-state index contributed by atoms with van der Waals surface area (Å²) >= 11 is 0. The lowest BCUT2D eigenvalue weighted by Gasteiger charge is -2.47. The lowest BCUT2D eigenvalue weighted by atomic mass is 9.92. The molecule has 2 aliphatic heterocycles. The van der Waals surface area contributed by atoms with Crippen molar-refractivity contribution in [3.05, 3.63) is 70.8 Å². The summed E-state index contributed by atoms with van der Waals surface area (Å²) in [5, 5.41) is 0. The smallest absolute Gasteiger partial charge is 0.184 e. The zero-order valence-electron chi connectivity index (χ0n) is 17.8. The fourth-order valence-corrected chi connectivity index (χ4v) is 4.02. The molecular weight excluding hydrogens is 364 g/mol. The van der Waals surface area contributed by atoms with Crippen LogP contribution in [0.4, 0.5) is 0 Å². The van der Waals surface area contributed by atoms with E-state index in [1.165, 1.54) is 11.1 Å². The van der Waals surface area contributed by atoms with Crippen LogP contribution in [0, 0.1) is 12.8 Å². The summed E-state index contributed by atoms with van der Waals surface area (Å²) in [5.41, 5.74) is 4.62. The molecule has 0 bridgehead atoms. The van der Waals surface area contributed by atoms with Crippen molar-refractivity contribution in [2.75, 3.05) is 6.61 Å². The molecule has 4 rings (SSSR count). The van der Waals surface area contributed by atoms with E-state index in [0.29, 0.717) is 12.5 Å². The Hall–Kier alpha value is -1.72. The van der Waals surface area contributed by atoms with Gasteiger partial charge >= 0.3 is 0 Å². The molecule has 0 N–H and O–H groups in total. The van der Waals surface area contributed by atoms with Gasteiger partial charge in [0.05, 0.1) is 12.7 Å². The Labute approximate surface area is 174 Å². The second kappa shape index (κ2) is 8.97. The van der Waals surface area contributed by atoms with Crippen molar-refractivity contribution < 1.29 is 18.9 Å². The Kier molecular flexibility index (Phi) is 6.35. The summed E-state index contributed by atoms with van der Waals surface area (Å²) in [6.07, 6.45) is 0.965. The van der Waals surface area contributed by atoms with Gasteiger partial charge in [-0.15, -0.1) is 0 Å². The second-order valence-electron chi connectivity index (χ2n) is 8.26. The van der Waals surface area contributed by atoms with Gasteiger partial charge in [-0.3, -0.25) is 0 Å².